The first kappa shape index (κ1) is 15.8. The van der Waals surface area contributed by atoms with Gasteiger partial charge in [0, 0.05) is 0 Å². The number of carbonyl (C=O) groups excluding carboxylic acids is 1. The predicted molar refractivity (Wildman–Crippen MR) is 88.3 cm³/mol. The Morgan fingerprint density at radius 2 is 2.25 bits per heavy atom. The van der Waals surface area contributed by atoms with E-state index in [1.807, 2.05) is 19.1 Å². The van der Waals surface area contributed by atoms with Crippen molar-refractivity contribution in [3.05, 3.63) is 69.7 Å². The predicted octanol–water partition coefficient (Wildman–Crippen LogP) is 3.57. The number of nitrogens with zero attached hydrogens (tertiary/aromatic N) is 4. The minimum absolute atomic E-state index is 0.0338. The first-order chi connectivity index (χ1) is 11.6. The molecule has 3 aromatic rings. The molecule has 0 fully saturated rings. The lowest BCUT2D eigenvalue weighted by molar-refractivity contribution is 0.104. The van der Waals surface area contributed by atoms with Crippen molar-refractivity contribution in [2.75, 3.05) is 0 Å². The maximum Gasteiger partial charge on any atom is 0.213 e. The van der Waals surface area contributed by atoms with Crippen molar-refractivity contribution < 1.29 is 9.18 Å². The van der Waals surface area contributed by atoms with Gasteiger partial charge in [0.15, 0.2) is 0 Å². The summed E-state index contributed by atoms with van der Waals surface area (Å²) in [5.74, 6) is -0.878. The van der Waals surface area contributed by atoms with E-state index in [0.29, 0.717) is 10.4 Å². The summed E-state index contributed by atoms with van der Waals surface area (Å²) in [5.41, 5.74) is 1.45. The molecule has 0 atom stereocenters. The van der Waals surface area contributed by atoms with Crippen LogP contribution in [0.15, 0.2) is 47.9 Å². The molecule has 0 radical (unpaired) electrons. The largest absolute Gasteiger partial charge is 0.287 e. The SMILES string of the molecule is Cc1ccsc1C(=O)/C(C#N)=C\c1ccc(-n2cncn2)c(F)c1. The summed E-state index contributed by atoms with van der Waals surface area (Å²) in [6.07, 6.45) is 4.08. The minimum atomic E-state index is -0.522. The molecule has 0 bridgehead atoms. The van der Waals surface area contributed by atoms with Crippen LogP contribution in [0.1, 0.15) is 20.8 Å². The summed E-state index contributed by atoms with van der Waals surface area (Å²) in [6.45, 7) is 1.81. The molecule has 0 unspecified atom stereocenters. The van der Waals surface area contributed by atoms with Crippen molar-refractivity contribution in [3.63, 3.8) is 0 Å². The average Bonchev–Trinajstić information content (AvgIpc) is 3.23. The van der Waals surface area contributed by atoms with Crippen LogP contribution in [0.4, 0.5) is 4.39 Å². The number of thiophene rings is 1. The molecule has 0 spiro atoms. The molecule has 0 aliphatic carbocycles. The quantitative estimate of drug-likeness (QED) is 0.414. The van der Waals surface area contributed by atoms with Crippen LogP contribution < -0.4 is 0 Å². The zero-order chi connectivity index (χ0) is 17.1. The summed E-state index contributed by atoms with van der Waals surface area (Å²) in [5, 5.41) is 14.9. The van der Waals surface area contributed by atoms with Crippen LogP contribution in [0.3, 0.4) is 0 Å². The smallest absolute Gasteiger partial charge is 0.213 e. The number of aromatic nitrogens is 3. The van der Waals surface area contributed by atoms with E-state index >= 15 is 0 Å². The number of Topliss-reactive ketones (excluding diaryl/α,β-unsaturated/α-hetero) is 1. The van der Waals surface area contributed by atoms with Gasteiger partial charge in [0.05, 0.1) is 4.88 Å². The van der Waals surface area contributed by atoms with Crippen LogP contribution in [0.2, 0.25) is 0 Å². The molecule has 3 rings (SSSR count). The summed E-state index contributed by atoms with van der Waals surface area (Å²) in [7, 11) is 0. The van der Waals surface area contributed by atoms with Gasteiger partial charge >= 0.3 is 0 Å². The van der Waals surface area contributed by atoms with Gasteiger partial charge in [-0.25, -0.2) is 14.1 Å². The maximum atomic E-state index is 14.2. The van der Waals surface area contributed by atoms with E-state index in [1.165, 1.54) is 46.9 Å². The summed E-state index contributed by atoms with van der Waals surface area (Å²) in [4.78, 5) is 16.7. The van der Waals surface area contributed by atoms with E-state index in [4.69, 9.17) is 0 Å². The lowest BCUT2D eigenvalue weighted by Gasteiger charge is -2.04. The van der Waals surface area contributed by atoms with Crippen molar-refractivity contribution in [2.24, 2.45) is 0 Å². The average molecular weight is 338 g/mol. The van der Waals surface area contributed by atoms with Crippen molar-refractivity contribution in [3.8, 4) is 11.8 Å². The Hall–Kier alpha value is -3.11. The first-order valence-electron chi connectivity index (χ1n) is 6.95. The Kier molecular flexibility index (Phi) is 4.31. The van der Waals surface area contributed by atoms with Crippen LogP contribution >= 0.6 is 11.3 Å². The molecule has 1 aromatic carbocycles. The molecule has 5 nitrogen and oxygen atoms in total. The Labute approximate surface area is 141 Å². The summed E-state index contributed by atoms with van der Waals surface area (Å²) >= 11 is 1.28. The van der Waals surface area contributed by atoms with Gasteiger partial charge in [-0.1, -0.05) is 6.07 Å². The molecule has 0 N–H and O–H groups in total. The lowest BCUT2D eigenvalue weighted by atomic mass is 10.0. The molecule has 0 saturated carbocycles. The molecule has 7 heteroatoms. The summed E-state index contributed by atoms with van der Waals surface area (Å²) in [6, 6.07) is 8.10. The highest BCUT2D eigenvalue weighted by Gasteiger charge is 2.16. The van der Waals surface area contributed by atoms with Gasteiger partial charge in [0.25, 0.3) is 0 Å². The fraction of sp³-hybridized carbons (Fsp3) is 0.0588. The van der Waals surface area contributed by atoms with E-state index in [9.17, 15) is 14.4 Å². The number of ketones is 1. The Balaban J connectivity index is 1.95. The fourth-order valence-electron chi connectivity index (χ4n) is 2.17. The number of rotatable bonds is 4. The van der Waals surface area contributed by atoms with Crippen molar-refractivity contribution in [2.45, 2.75) is 6.92 Å². The molecule has 24 heavy (non-hydrogen) atoms. The van der Waals surface area contributed by atoms with E-state index < -0.39 is 5.82 Å². The normalized spacial score (nSPS) is 11.3. The first-order valence-corrected chi connectivity index (χ1v) is 7.83. The summed E-state index contributed by atoms with van der Waals surface area (Å²) < 4.78 is 15.5. The monoisotopic (exact) mass is 338 g/mol. The Bertz CT molecular complexity index is 967. The minimum Gasteiger partial charge on any atom is -0.287 e. The van der Waals surface area contributed by atoms with Crippen molar-refractivity contribution in [1.82, 2.24) is 14.8 Å². The third-order valence-corrected chi connectivity index (χ3v) is 4.40. The highest BCUT2D eigenvalue weighted by molar-refractivity contribution is 7.12. The zero-order valence-corrected chi connectivity index (χ0v) is 13.4. The Morgan fingerprint density at radius 1 is 1.42 bits per heavy atom. The molecule has 118 valence electrons. The second-order valence-electron chi connectivity index (χ2n) is 4.98. The highest BCUT2D eigenvalue weighted by atomic mass is 32.1. The van der Waals surface area contributed by atoms with Crippen molar-refractivity contribution in [1.29, 1.82) is 5.26 Å². The highest BCUT2D eigenvalue weighted by Crippen LogP contribution is 2.22. The second-order valence-corrected chi connectivity index (χ2v) is 5.90. The molecular weight excluding hydrogens is 327 g/mol. The van der Waals surface area contributed by atoms with Crippen LogP contribution in [-0.4, -0.2) is 20.5 Å². The van der Waals surface area contributed by atoms with Gasteiger partial charge in [-0.05, 0) is 47.7 Å². The number of halogens is 1. The van der Waals surface area contributed by atoms with Gasteiger partial charge in [-0.2, -0.15) is 10.4 Å². The third-order valence-electron chi connectivity index (χ3n) is 3.38. The van der Waals surface area contributed by atoms with Gasteiger partial charge in [-0.3, -0.25) is 4.79 Å². The standard InChI is InChI=1S/C17H11FN4OS/c1-11-4-5-24-17(11)16(23)13(8-19)6-12-2-3-15(14(18)7-12)22-10-20-9-21-22/h2-7,9-10H,1H3/b13-6-. The molecule has 2 aromatic heterocycles. The third kappa shape index (κ3) is 3.00. The number of allylic oxidation sites excluding steroid dienone is 1. The van der Waals surface area contributed by atoms with E-state index in [1.54, 1.807) is 11.4 Å². The van der Waals surface area contributed by atoms with Gasteiger partial charge < -0.3 is 0 Å². The Morgan fingerprint density at radius 3 is 2.83 bits per heavy atom. The van der Waals surface area contributed by atoms with Gasteiger partial charge in [0.1, 0.15) is 35.8 Å². The molecule has 0 amide bonds. The zero-order valence-electron chi connectivity index (χ0n) is 12.6. The molecule has 0 saturated heterocycles. The van der Waals surface area contributed by atoms with Crippen molar-refractivity contribution >= 4 is 23.2 Å². The molecule has 0 aliphatic heterocycles. The number of nitriles is 1. The van der Waals surface area contributed by atoms with Gasteiger partial charge in [-0.15, -0.1) is 11.3 Å². The van der Waals surface area contributed by atoms with Crippen LogP contribution in [-0.2, 0) is 0 Å². The second kappa shape index (κ2) is 6.56. The fourth-order valence-corrected chi connectivity index (χ4v) is 3.05. The topological polar surface area (TPSA) is 71.6 Å². The number of hydrogen-bond donors (Lipinski definition) is 0. The number of aryl methyl sites for hydroxylation is 1. The van der Waals surface area contributed by atoms with Gasteiger partial charge in [0.2, 0.25) is 5.78 Å². The van der Waals surface area contributed by atoms with Crippen LogP contribution in [0.5, 0.6) is 0 Å². The number of hydrogen-bond acceptors (Lipinski definition) is 5. The van der Waals surface area contributed by atoms with Crippen LogP contribution in [0, 0.1) is 24.1 Å². The molecule has 0 aliphatic rings. The maximum absolute atomic E-state index is 14.2. The van der Waals surface area contributed by atoms with Crippen LogP contribution in [0.25, 0.3) is 11.8 Å². The van der Waals surface area contributed by atoms with E-state index in [0.717, 1.165) is 5.56 Å². The van der Waals surface area contributed by atoms with E-state index in [-0.39, 0.29) is 17.0 Å². The number of benzene rings is 1. The molecule has 2 heterocycles. The lowest BCUT2D eigenvalue weighted by Crippen LogP contribution is -2.02. The number of carbonyl (C=O) groups is 1. The molecular formula is C17H11FN4OS. The van der Waals surface area contributed by atoms with E-state index in [2.05, 4.69) is 10.1 Å².